The Morgan fingerprint density at radius 1 is 0.966 bits per heavy atom. The van der Waals surface area contributed by atoms with E-state index < -0.39 is 0 Å². The molecule has 5 nitrogen and oxygen atoms in total. The molecule has 4 aromatic rings. The SMILES string of the molecule is O=Cc1ccc2cn(-c3ccc(Oc4cccc(OCC5CC5)c4)cc3)nc2c1. The molecule has 1 heterocycles. The molecule has 1 aliphatic rings. The number of ether oxygens (including phenoxy) is 2. The first kappa shape index (κ1) is 17.5. The van der Waals surface area contributed by atoms with E-state index in [0.29, 0.717) is 5.56 Å². The number of carbonyl (C=O) groups excluding carboxylic acids is 1. The smallest absolute Gasteiger partial charge is 0.150 e. The van der Waals surface area contributed by atoms with Crippen LogP contribution in [0.25, 0.3) is 16.6 Å². The Kier molecular flexibility index (Phi) is 4.48. The van der Waals surface area contributed by atoms with E-state index in [1.165, 1.54) is 12.8 Å². The number of nitrogens with zero attached hydrogens (tertiary/aromatic N) is 2. The first-order valence-corrected chi connectivity index (χ1v) is 9.73. The zero-order valence-electron chi connectivity index (χ0n) is 15.8. The van der Waals surface area contributed by atoms with Crippen LogP contribution in [0.4, 0.5) is 0 Å². The van der Waals surface area contributed by atoms with Gasteiger partial charge in [0.1, 0.15) is 23.5 Å². The molecule has 0 aliphatic heterocycles. The highest BCUT2D eigenvalue weighted by Crippen LogP contribution is 2.31. The zero-order chi connectivity index (χ0) is 19.6. The molecule has 0 radical (unpaired) electrons. The molecule has 5 heteroatoms. The van der Waals surface area contributed by atoms with Gasteiger partial charge in [-0.25, -0.2) is 4.68 Å². The van der Waals surface area contributed by atoms with E-state index in [0.717, 1.165) is 52.6 Å². The number of carbonyl (C=O) groups is 1. The monoisotopic (exact) mass is 384 g/mol. The van der Waals surface area contributed by atoms with E-state index in [1.807, 2.05) is 60.8 Å². The summed E-state index contributed by atoms with van der Waals surface area (Å²) in [7, 11) is 0. The Morgan fingerprint density at radius 3 is 2.59 bits per heavy atom. The second-order valence-corrected chi connectivity index (χ2v) is 7.33. The van der Waals surface area contributed by atoms with Crippen LogP contribution in [0, 0.1) is 5.92 Å². The molecular formula is C24H20N2O3. The fraction of sp³-hybridized carbons (Fsp3) is 0.167. The van der Waals surface area contributed by atoms with Crippen LogP contribution in [-0.2, 0) is 0 Å². The molecule has 0 spiro atoms. The van der Waals surface area contributed by atoms with Crippen LogP contribution in [0.15, 0.2) is 72.9 Å². The van der Waals surface area contributed by atoms with Gasteiger partial charge in [0.05, 0.1) is 17.8 Å². The Hall–Kier alpha value is -3.60. The van der Waals surface area contributed by atoms with Gasteiger partial charge in [0.2, 0.25) is 0 Å². The predicted octanol–water partition coefficient (Wildman–Crippen LogP) is 5.42. The van der Waals surface area contributed by atoms with Crippen LogP contribution in [0.3, 0.4) is 0 Å². The third-order valence-corrected chi connectivity index (χ3v) is 4.99. The van der Waals surface area contributed by atoms with Gasteiger partial charge in [-0.2, -0.15) is 5.10 Å². The normalized spacial score (nSPS) is 13.4. The van der Waals surface area contributed by atoms with Gasteiger partial charge in [-0.1, -0.05) is 18.2 Å². The van der Waals surface area contributed by atoms with Gasteiger partial charge in [-0.15, -0.1) is 0 Å². The fourth-order valence-corrected chi connectivity index (χ4v) is 3.17. The molecule has 144 valence electrons. The minimum Gasteiger partial charge on any atom is -0.493 e. The van der Waals surface area contributed by atoms with E-state index in [2.05, 4.69) is 5.10 Å². The van der Waals surface area contributed by atoms with Crippen LogP contribution in [0.1, 0.15) is 23.2 Å². The lowest BCUT2D eigenvalue weighted by molar-refractivity contribution is 0.112. The summed E-state index contributed by atoms with van der Waals surface area (Å²) in [6.07, 6.45) is 5.32. The van der Waals surface area contributed by atoms with Crippen LogP contribution in [0.5, 0.6) is 17.2 Å². The molecule has 0 bridgehead atoms. The van der Waals surface area contributed by atoms with Gasteiger partial charge >= 0.3 is 0 Å². The predicted molar refractivity (Wildman–Crippen MR) is 111 cm³/mol. The topological polar surface area (TPSA) is 53.4 Å². The number of benzene rings is 3. The van der Waals surface area contributed by atoms with E-state index in [4.69, 9.17) is 9.47 Å². The van der Waals surface area contributed by atoms with Crippen molar-refractivity contribution in [2.24, 2.45) is 5.92 Å². The molecule has 0 saturated heterocycles. The number of fused-ring (bicyclic) bond motifs is 1. The summed E-state index contributed by atoms with van der Waals surface area (Å²) < 4.78 is 13.6. The van der Waals surface area contributed by atoms with Crippen molar-refractivity contribution < 1.29 is 14.3 Å². The molecule has 29 heavy (non-hydrogen) atoms. The van der Waals surface area contributed by atoms with E-state index in [-0.39, 0.29) is 0 Å². The maximum absolute atomic E-state index is 10.9. The molecule has 1 aliphatic carbocycles. The Morgan fingerprint density at radius 2 is 1.79 bits per heavy atom. The van der Waals surface area contributed by atoms with Crippen molar-refractivity contribution >= 4 is 17.2 Å². The molecule has 5 rings (SSSR count). The third-order valence-electron chi connectivity index (χ3n) is 4.99. The first-order valence-electron chi connectivity index (χ1n) is 9.73. The van der Waals surface area contributed by atoms with E-state index in [1.54, 1.807) is 16.8 Å². The van der Waals surface area contributed by atoms with Gasteiger partial charge in [-0.3, -0.25) is 4.79 Å². The third kappa shape index (κ3) is 3.99. The number of aldehydes is 1. The fourth-order valence-electron chi connectivity index (χ4n) is 3.17. The minimum absolute atomic E-state index is 0.620. The Bertz CT molecular complexity index is 1160. The van der Waals surface area contributed by atoms with Gasteiger partial charge in [0.15, 0.2) is 0 Å². The van der Waals surface area contributed by atoms with E-state index >= 15 is 0 Å². The van der Waals surface area contributed by atoms with Crippen LogP contribution < -0.4 is 9.47 Å². The summed E-state index contributed by atoms with van der Waals surface area (Å²) in [6, 6.07) is 20.9. The summed E-state index contributed by atoms with van der Waals surface area (Å²) in [4.78, 5) is 10.9. The van der Waals surface area contributed by atoms with Crippen molar-refractivity contribution in [1.82, 2.24) is 9.78 Å². The number of hydrogen-bond acceptors (Lipinski definition) is 4. The second-order valence-electron chi connectivity index (χ2n) is 7.33. The average Bonchev–Trinajstić information content (AvgIpc) is 3.49. The van der Waals surface area contributed by atoms with Crippen molar-refractivity contribution in [2.45, 2.75) is 12.8 Å². The maximum atomic E-state index is 10.9. The van der Waals surface area contributed by atoms with Gasteiger partial charge in [-0.05, 0) is 61.2 Å². The summed E-state index contributed by atoms with van der Waals surface area (Å²) in [5.74, 6) is 3.05. The average molecular weight is 384 g/mol. The second kappa shape index (κ2) is 7.43. The van der Waals surface area contributed by atoms with E-state index in [9.17, 15) is 4.79 Å². The summed E-state index contributed by atoms with van der Waals surface area (Å²) in [5.41, 5.74) is 2.33. The highest BCUT2D eigenvalue weighted by molar-refractivity contribution is 5.86. The largest absolute Gasteiger partial charge is 0.493 e. The molecule has 1 saturated carbocycles. The lowest BCUT2D eigenvalue weighted by Gasteiger charge is -2.09. The molecule has 0 atom stereocenters. The Labute approximate surface area is 168 Å². The first-order chi connectivity index (χ1) is 14.3. The van der Waals surface area contributed by atoms with Crippen LogP contribution in [0.2, 0.25) is 0 Å². The standard InChI is InChI=1S/C24H20N2O3/c27-15-18-6-7-19-14-26(25-24(19)12-18)20-8-10-21(11-9-20)29-23-3-1-2-22(13-23)28-16-17-4-5-17/h1-3,6-15,17H,4-5,16H2. The van der Waals surface area contributed by atoms with Gasteiger partial charge in [0, 0.05) is 23.2 Å². The molecule has 0 unspecified atom stereocenters. The molecule has 1 aromatic heterocycles. The molecule has 1 fully saturated rings. The summed E-state index contributed by atoms with van der Waals surface area (Å²) >= 11 is 0. The highest BCUT2D eigenvalue weighted by atomic mass is 16.5. The van der Waals surface area contributed by atoms with Crippen molar-refractivity contribution in [3.8, 4) is 22.9 Å². The molecule has 0 amide bonds. The van der Waals surface area contributed by atoms with Crippen molar-refractivity contribution in [3.63, 3.8) is 0 Å². The lowest BCUT2D eigenvalue weighted by atomic mass is 10.2. The summed E-state index contributed by atoms with van der Waals surface area (Å²) in [5, 5.41) is 5.54. The van der Waals surface area contributed by atoms with Crippen molar-refractivity contribution in [1.29, 1.82) is 0 Å². The number of hydrogen-bond donors (Lipinski definition) is 0. The van der Waals surface area contributed by atoms with Crippen LogP contribution >= 0.6 is 0 Å². The maximum Gasteiger partial charge on any atom is 0.150 e. The molecule has 3 aromatic carbocycles. The van der Waals surface area contributed by atoms with Gasteiger partial charge < -0.3 is 9.47 Å². The Balaban J connectivity index is 1.31. The van der Waals surface area contributed by atoms with Crippen molar-refractivity contribution in [2.75, 3.05) is 6.61 Å². The lowest BCUT2D eigenvalue weighted by Crippen LogP contribution is -1.98. The number of aromatic nitrogens is 2. The minimum atomic E-state index is 0.620. The van der Waals surface area contributed by atoms with Crippen LogP contribution in [-0.4, -0.2) is 22.7 Å². The quantitative estimate of drug-likeness (QED) is 0.399. The summed E-state index contributed by atoms with van der Waals surface area (Å²) in [6.45, 7) is 0.782. The van der Waals surface area contributed by atoms with Crippen molar-refractivity contribution in [3.05, 3.63) is 78.5 Å². The zero-order valence-corrected chi connectivity index (χ0v) is 15.8. The van der Waals surface area contributed by atoms with Gasteiger partial charge in [0.25, 0.3) is 0 Å². The highest BCUT2D eigenvalue weighted by Gasteiger charge is 2.21. The number of rotatable bonds is 7. The molecular weight excluding hydrogens is 364 g/mol. The molecule has 0 N–H and O–H groups in total.